The molecule has 1 aromatic rings. The van der Waals surface area contributed by atoms with E-state index in [-0.39, 0.29) is 5.02 Å². The molecule has 0 amide bonds. The molecule has 0 atom stereocenters. The minimum atomic E-state index is -4.32. The smallest absolute Gasteiger partial charge is 0.166 e. The average Bonchev–Trinajstić information content (AvgIpc) is 2.68. The molecule has 0 saturated heterocycles. The summed E-state index contributed by atoms with van der Waals surface area (Å²) in [4.78, 5) is 0. The van der Waals surface area contributed by atoms with E-state index < -0.39 is 11.7 Å². The van der Waals surface area contributed by atoms with Gasteiger partial charge >= 0.3 is 6.18 Å². The fraction of sp³-hybridized carbons (Fsp3) is 0.750. The molecule has 28 heavy (non-hydrogen) atoms. The van der Waals surface area contributed by atoms with Gasteiger partial charge in [-0.05, 0) is 79.9 Å². The number of alkyl halides is 3. The van der Waals surface area contributed by atoms with Crippen LogP contribution in [0.4, 0.5) is 13.2 Å². The van der Waals surface area contributed by atoms with E-state index in [9.17, 15) is 13.2 Å². The summed E-state index contributed by atoms with van der Waals surface area (Å²) in [6.45, 7) is 2.27. The molecular formula is C24H34ClF3. The molecule has 0 nitrogen and oxygen atoms in total. The number of rotatable bonds is 6. The number of hydrogen-bond acceptors (Lipinski definition) is 0. The summed E-state index contributed by atoms with van der Waals surface area (Å²) >= 11 is 6.22. The second kappa shape index (κ2) is 9.87. The SMILES string of the molecule is CCCCCC1CCC(C2CCC(c3ccc(C(F)(F)F)cc3Cl)CC2)CC1. The molecule has 158 valence electrons. The number of halogens is 4. The molecule has 0 heterocycles. The lowest BCUT2D eigenvalue weighted by Gasteiger charge is -2.38. The Morgan fingerprint density at radius 3 is 2.04 bits per heavy atom. The van der Waals surface area contributed by atoms with Crippen LogP contribution in [0, 0.1) is 17.8 Å². The molecule has 2 aliphatic carbocycles. The van der Waals surface area contributed by atoms with Crippen LogP contribution in [0.5, 0.6) is 0 Å². The van der Waals surface area contributed by atoms with Gasteiger partial charge in [-0.15, -0.1) is 0 Å². The lowest BCUT2D eigenvalue weighted by Crippen LogP contribution is -2.25. The van der Waals surface area contributed by atoms with Crippen LogP contribution < -0.4 is 0 Å². The van der Waals surface area contributed by atoms with Gasteiger partial charge in [0.15, 0.2) is 0 Å². The predicted molar refractivity (Wildman–Crippen MR) is 111 cm³/mol. The molecule has 4 heteroatoms. The zero-order valence-electron chi connectivity index (χ0n) is 17.0. The first-order valence-corrected chi connectivity index (χ1v) is 11.6. The molecule has 2 fully saturated rings. The monoisotopic (exact) mass is 414 g/mol. The van der Waals surface area contributed by atoms with Crippen LogP contribution >= 0.6 is 11.6 Å². The highest BCUT2D eigenvalue weighted by atomic mass is 35.5. The quantitative estimate of drug-likeness (QED) is 0.407. The van der Waals surface area contributed by atoms with Crippen molar-refractivity contribution < 1.29 is 13.2 Å². The van der Waals surface area contributed by atoms with E-state index in [4.69, 9.17) is 11.6 Å². The van der Waals surface area contributed by atoms with Crippen LogP contribution in [-0.2, 0) is 6.18 Å². The Morgan fingerprint density at radius 1 is 0.893 bits per heavy atom. The van der Waals surface area contributed by atoms with Gasteiger partial charge in [-0.25, -0.2) is 0 Å². The molecule has 1 aromatic carbocycles. The van der Waals surface area contributed by atoms with Crippen molar-refractivity contribution >= 4 is 11.6 Å². The lowest BCUT2D eigenvalue weighted by molar-refractivity contribution is -0.137. The first-order chi connectivity index (χ1) is 13.4. The third-order valence-corrected chi connectivity index (χ3v) is 7.64. The molecule has 0 spiro atoms. The maximum absolute atomic E-state index is 12.9. The van der Waals surface area contributed by atoms with Crippen molar-refractivity contribution in [1.29, 1.82) is 0 Å². The third kappa shape index (κ3) is 5.68. The highest BCUT2D eigenvalue weighted by Crippen LogP contribution is 2.46. The van der Waals surface area contributed by atoms with Gasteiger partial charge in [0.25, 0.3) is 0 Å². The van der Waals surface area contributed by atoms with Crippen LogP contribution in [0.25, 0.3) is 0 Å². The van der Waals surface area contributed by atoms with Crippen molar-refractivity contribution in [2.45, 2.75) is 96.1 Å². The molecule has 2 aliphatic rings. The van der Waals surface area contributed by atoms with Gasteiger partial charge in [0.05, 0.1) is 5.56 Å². The van der Waals surface area contributed by atoms with Gasteiger partial charge in [0.2, 0.25) is 0 Å². The van der Waals surface area contributed by atoms with Crippen molar-refractivity contribution in [3.05, 3.63) is 34.3 Å². The zero-order valence-corrected chi connectivity index (χ0v) is 17.8. The van der Waals surface area contributed by atoms with Gasteiger partial charge in [-0.2, -0.15) is 13.2 Å². The first-order valence-electron chi connectivity index (χ1n) is 11.2. The Balaban J connectivity index is 1.48. The normalized spacial score (nSPS) is 29.0. The summed E-state index contributed by atoms with van der Waals surface area (Å²) in [7, 11) is 0. The molecule has 0 unspecified atom stereocenters. The Hall–Kier alpha value is -0.700. The van der Waals surface area contributed by atoms with E-state index in [2.05, 4.69) is 6.92 Å². The summed E-state index contributed by atoms with van der Waals surface area (Å²) < 4.78 is 38.6. The minimum absolute atomic E-state index is 0.283. The lowest BCUT2D eigenvalue weighted by atomic mass is 9.68. The Kier molecular flexibility index (Phi) is 7.75. The second-order valence-electron chi connectivity index (χ2n) is 9.12. The fourth-order valence-electron chi connectivity index (χ4n) is 5.57. The van der Waals surface area contributed by atoms with E-state index in [1.807, 2.05) is 0 Å². The van der Waals surface area contributed by atoms with Crippen LogP contribution in [-0.4, -0.2) is 0 Å². The molecular weight excluding hydrogens is 381 g/mol. The standard InChI is InChI=1S/C24H34ClF3/c1-2-3-4-5-17-6-8-18(9-7-17)19-10-12-20(13-11-19)22-15-14-21(16-23(22)25)24(26,27)28/h14-20H,2-13H2,1H3. The van der Waals surface area contributed by atoms with E-state index >= 15 is 0 Å². The van der Waals surface area contributed by atoms with Crippen LogP contribution in [0.1, 0.15) is 101 Å². The van der Waals surface area contributed by atoms with Crippen molar-refractivity contribution in [2.24, 2.45) is 17.8 Å². The Bertz CT molecular complexity index is 609. The Labute approximate surface area is 173 Å². The molecule has 0 aliphatic heterocycles. The minimum Gasteiger partial charge on any atom is -0.166 e. The molecule has 0 bridgehead atoms. The van der Waals surface area contributed by atoms with Crippen molar-refractivity contribution in [3.8, 4) is 0 Å². The largest absolute Gasteiger partial charge is 0.416 e. The van der Waals surface area contributed by atoms with Gasteiger partial charge in [0, 0.05) is 5.02 Å². The maximum Gasteiger partial charge on any atom is 0.416 e. The van der Waals surface area contributed by atoms with Crippen LogP contribution in [0.15, 0.2) is 18.2 Å². The highest BCUT2D eigenvalue weighted by Gasteiger charge is 2.34. The molecule has 3 rings (SSSR count). The number of unbranched alkanes of at least 4 members (excludes halogenated alkanes) is 2. The average molecular weight is 415 g/mol. The number of benzene rings is 1. The van der Waals surface area contributed by atoms with Gasteiger partial charge < -0.3 is 0 Å². The van der Waals surface area contributed by atoms with E-state index in [1.54, 1.807) is 6.07 Å². The van der Waals surface area contributed by atoms with Crippen LogP contribution in [0.3, 0.4) is 0 Å². The third-order valence-electron chi connectivity index (χ3n) is 7.31. The van der Waals surface area contributed by atoms with Gasteiger partial charge in [-0.3, -0.25) is 0 Å². The van der Waals surface area contributed by atoms with Gasteiger partial charge in [-0.1, -0.05) is 63.1 Å². The summed E-state index contributed by atoms with van der Waals surface area (Å²) in [6, 6.07) is 3.90. The molecule has 2 saturated carbocycles. The predicted octanol–water partition coefficient (Wildman–Crippen LogP) is 9.02. The Morgan fingerprint density at radius 2 is 1.50 bits per heavy atom. The topological polar surface area (TPSA) is 0 Å². The van der Waals surface area contributed by atoms with Crippen molar-refractivity contribution in [1.82, 2.24) is 0 Å². The molecule has 0 N–H and O–H groups in total. The highest BCUT2D eigenvalue weighted by molar-refractivity contribution is 6.31. The van der Waals surface area contributed by atoms with Crippen LogP contribution in [0.2, 0.25) is 5.02 Å². The molecule has 0 radical (unpaired) electrons. The van der Waals surface area contributed by atoms with E-state index in [1.165, 1.54) is 70.3 Å². The van der Waals surface area contributed by atoms with Gasteiger partial charge in [0.1, 0.15) is 0 Å². The maximum atomic E-state index is 12.9. The second-order valence-corrected chi connectivity index (χ2v) is 9.53. The summed E-state index contributed by atoms with van der Waals surface area (Å²) in [6.07, 6.45) is 11.3. The van der Waals surface area contributed by atoms with E-state index in [0.717, 1.165) is 42.2 Å². The fourth-order valence-corrected chi connectivity index (χ4v) is 5.90. The van der Waals surface area contributed by atoms with E-state index in [0.29, 0.717) is 5.92 Å². The summed E-state index contributed by atoms with van der Waals surface area (Å²) in [5.74, 6) is 2.94. The first kappa shape index (κ1) is 22.0. The molecule has 0 aromatic heterocycles. The summed E-state index contributed by atoms with van der Waals surface area (Å²) in [5, 5.41) is 0.283. The zero-order chi connectivity index (χ0) is 20.1. The van der Waals surface area contributed by atoms with Crippen molar-refractivity contribution in [3.63, 3.8) is 0 Å². The summed E-state index contributed by atoms with van der Waals surface area (Å²) in [5.41, 5.74) is 0.262. The number of hydrogen-bond donors (Lipinski definition) is 0. The van der Waals surface area contributed by atoms with Crippen molar-refractivity contribution in [2.75, 3.05) is 0 Å².